The van der Waals surface area contributed by atoms with Gasteiger partial charge in [0.25, 0.3) is 0 Å². The molecule has 3 aliphatic rings. The summed E-state index contributed by atoms with van der Waals surface area (Å²) in [7, 11) is 1.80. The summed E-state index contributed by atoms with van der Waals surface area (Å²) in [4.78, 5) is 5.01. The number of aryl methyl sites for hydroxylation is 1. The number of ether oxygens (including phenoxy) is 1. The van der Waals surface area contributed by atoms with Crippen LogP contribution in [0.1, 0.15) is 54.8 Å². The van der Waals surface area contributed by atoms with Gasteiger partial charge in [0.05, 0.1) is 12.6 Å². The highest BCUT2D eigenvalue weighted by molar-refractivity contribution is 5.95. The zero-order chi connectivity index (χ0) is 15.4. The average Bonchev–Trinajstić information content (AvgIpc) is 3.48. The molecule has 1 aromatic carbocycles. The van der Waals surface area contributed by atoms with Gasteiger partial charge in [0.15, 0.2) is 0 Å². The molecule has 0 bridgehead atoms. The average molecular weight is 308 g/mol. The van der Waals surface area contributed by atoms with Crippen LogP contribution in [-0.4, -0.2) is 18.6 Å². The number of benzene rings is 1. The second-order valence-electron chi connectivity index (χ2n) is 7.48. The number of hydrogen-bond acceptors (Lipinski definition) is 3. The van der Waals surface area contributed by atoms with E-state index in [0.29, 0.717) is 5.92 Å². The zero-order valence-corrected chi connectivity index (χ0v) is 13.8. The van der Waals surface area contributed by atoms with E-state index in [9.17, 15) is 0 Å². The number of methoxy groups -OCH3 is 1. The van der Waals surface area contributed by atoms with Crippen LogP contribution in [0, 0.1) is 5.92 Å². The Morgan fingerprint density at radius 1 is 1.17 bits per heavy atom. The van der Waals surface area contributed by atoms with Crippen molar-refractivity contribution in [2.75, 3.05) is 19.0 Å². The van der Waals surface area contributed by atoms with Crippen LogP contribution in [-0.2, 0) is 12.8 Å². The quantitative estimate of drug-likeness (QED) is 0.887. The van der Waals surface area contributed by atoms with E-state index >= 15 is 0 Å². The summed E-state index contributed by atoms with van der Waals surface area (Å²) < 4.78 is 5.71. The lowest BCUT2D eigenvalue weighted by Crippen LogP contribution is -2.08. The van der Waals surface area contributed by atoms with Crippen molar-refractivity contribution in [2.24, 2.45) is 5.92 Å². The predicted molar refractivity (Wildman–Crippen MR) is 93.5 cm³/mol. The fourth-order valence-corrected chi connectivity index (χ4v) is 3.97. The van der Waals surface area contributed by atoms with E-state index in [1.165, 1.54) is 60.0 Å². The third-order valence-electron chi connectivity index (χ3n) is 5.64. The van der Waals surface area contributed by atoms with Gasteiger partial charge in [-0.05, 0) is 80.0 Å². The lowest BCUT2D eigenvalue weighted by molar-refractivity contribution is 0.410. The third-order valence-corrected chi connectivity index (χ3v) is 5.64. The summed E-state index contributed by atoms with van der Waals surface area (Å²) in [5.41, 5.74) is 6.64. The molecule has 23 heavy (non-hydrogen) atoms. The molecule has 3 nitrogen and oxygen atoms in total. The molecule has 1 heterocycles. The van der Waals surface area contributed by atoms with Crippen molar-refractivity contribution in [3.63, 3.8) is 0 Å². The molecule has 0 amide bonds. The minimum atomic E-state index is 0.687. The lowest BCUT2D eigenvalue weighted by atomic mass is 10.0. The van der Waals surface area contributed by atoms with Crippen molar-refractivity contribution >= 4 is 16.6 Å². The van der Waals surface area contributed by atoms with Crippen LogP contribution in [0.25, 0.3) is 10.9 Å². The Bertz CT molecular complexity index is 775. The third kappa shape index (κ3) is 2.37. The van der Waals surface area contributed by atoms with Crippen LogP contribution < -0.4 is 10.1 Å². The number of fused-ring (bicyclic) bond motifs is 2. The van der Waals surface area contributed by atoms with E-state index < -0.39 is 0 Å². The fraction of sp³-hybridized carbons (Fsp3) is 0.550. The Morgan fingerprint density at radius 2 is 2.04 bits per heavy atom. The Balaban J connectivity index is 1.67. The Labute approximate surface area is 137 Å². The first-order valence-electron chi connectivity index (χ1n) is 9.10. The predicted octanol–water partition coefficient (Wildman–Crippen LogP) is 4.43. The number of hydrogen-bond donors (Lipinski definition) is 1. The van der Waals surface area contributed by atoms with Gasteiger partial charge in [-0.2, -0.15) is 0 Å². The SMILES string of the molecule is COc1cc2c(NCC3CC3)c3c(nc2cc1C1CC1)CCC3. The first-order valence-corrected chi connectivity index (χ1v) is 9.10. The number of pyridine rings is 1. The van der Waals surface area contributed by atoms with E-state index in [4.69, 9.17) is 9.72 Å². The number of nitrogens with one attached hydrogen (secondary N) is 1. The van der Waals surface area contributed by atoms with Crippen molar-refractivity contribution in [3.05, 3.63) is 29.0 Å². The highest BCUT2D eigenvalue weighted by Crippen LogP contribution is 2.47. The van der Waals surface area contributed by atoms with E-state index in [1.54, 1.807) is 7.11 Å². The molecule has 1 N–H and O–H groups in total. The molecule has 0 spiro atoms. The van der Waals surface area contributed by atoms with Crippen molar-refractivity contribution < 1.29 is 4.74 Å². The van der Waals surface area contributed by atoms with E-state index in [1.807, 2.05) is 0 Å². The van der Waals surface area contributed by atoms with Crippen molar-refractivity contribution in [1.82, 2.24) is 4.98 Å². The van der Waals surface area contributed by atoms with Gasteiger partial charge < -0.3 is 10.1 Å². The molecule has 2 saturated carbocycles. The van der Waals surface area contributed by atoms with Gasteiger partial charge >= 0.3 is 0 Å². The molecule has 0 atom stereocenters. The van der Waals surface area contributed by atoms with E-state index in [2.05, 4.69) is 17.4 Å². The minimum absolute atomic E-state index is 0.687. The van der Waals surface area contributed by atoms with Crippen LogP contribution in [0.2, 0.25) is 0 Å². The molecule has 0 aliphatic heterocycles. The maximum Gasteiger partial charge on any atom is 0.123 e. The molecule has 1 aromatic heterocycles. The van der Waals surface area contributed by atoms with Crippen LogP contribution in [0.5, 0.6) is 5.75 Å². The number of anilines is 1. The lowest BCUT2D eigenvalue weighted by Gasteiger charge is -2.17. The van der Waals surface area contributed by atoms with Gasteiger partial charge in [0.2, 0.25) is 0 Å². The summed E-state index contributed by atoms with van der Waals surface area (Å²) in [6.45, 7) is 1.11. The zero-order valence-electron chi connectivity index (χ0n) is 13.8. The molecule has 5 rings (SSSR count). The molecule has 2 fully saturated rings. The number of nitrogens with zero attached hydrogens (tertiary/aromatic N) is 1. The second-order valence-corrected chi connectivity index (χ2v) is 7.48. The van der Waals surface area contributed by atoms with Crippen molar-refractivity contribution in [1.29, 1.82) is 0 Å². The molecule has 0 saturated heterocycles. The van der Waals surface area contributed by atoms with Crippen LogP contribution in [0.3, 0.4) is 0 Å². The Kier molecular flexibility index (Phi) is 3.04. The smallest absolute Gasteiger partial charge is 0.123 e. The Morgan fingerprint density at radius 3 is 2.78 bits per heavy atom. The monoisotopic (exact) mass is 308 g/mol. The molecule has 3 aliphatic carbocycles. The molecule has 0 unspecified atom stereocenters. The summed E-state index contributed by atoms with van der Waals surface area (Å²) in [5, 5.41) is 5.03. The standard InChI is InChI=1S/C20H24N2O/c1-23-19-10-16-18(9-15(19)13-7-8-13)22-17-4-2-3-14(17)20(16)21-11-12-5-6-12/h9-10,12-13H,2-8,11H2,1H3,(H,21,22). The summed E-state index contributed by atoms with van der Waals surface area (Å²) >= 11 is 0. The van der Waals surface area contributed by atoms with Crippen molar-refractivity contribution in [3.8, 4) is 5.75 Å². The molecule has 120 valence electrons. The molecular formula is C20H24N2O. The van der Waals surface area contributed by atoms with Gasteiger partial charge in [0.1, 0.15) is 5.75 Å². The van der Waals surface area contributed by atoms with Crippen LogP contribution >= 0.6 is 0 Å². The summed E-state index contributed by atoms with van der Waals surface area (Å²) in [6.07, 6.45) is 8.88. The van der Waals surface area contributed by atoms with Gasteiger partial charge in [-0.3, -0.25) is 4.98 Å². The van der Waals surface area contributed by atoms with Gasteiger partial charge in [-0.1, -0.05) is 0 Å². The van der Waals surface area contributed by atoms with Crippen LogP contribution in [0.4, 0.5) is 5.69 Å². The highest BCUT2D eigenvalue weighted by atomic mass is 16.5. The molecule has 2 aromatic rings. The minimum Gasteiger partial charge on any atom is -0.496 e. The first kappa shape index (κ1) is 13.6. The largest absolute Gasteiger partial charge is 0.496 e. The second kappa shape index (κ2) is 5.12. The van der Waals surface area contributed by atoms with E-state index in [0.717, 1.165) is 36.6 Å². The molecule has 3 heteroatoms. The topological polar surface area (TPSA) is 34.1 Å². The van der Waals surface area contributed by atoms with Crippen LogP contribution in [0.15, 0.2) is 12.1 Å². The maximum atomic E-state index is 5.71. The number of aromatic nitrogens is 1. The van der Waals surface area contributed by atoms with Gasteiger partial charge in [0, 0.05) is 23.3 Å². The fourth-order valence-electron chi connectivity index (χ4n) is 3.97. The highest BCUT2D eigenvalue weighted by Gasteiger charge is 2.29. The summed E-state index contributed by atoms with van der Waals surface area (Å²) in [5.74, 6) is 2.62. The van der Waals surface area contributed by atoms with Crippen molar-refractivity contribution in [2.45, 2.75) is 50.9 Å². The first-order chi connectivity index (χ1) is 11.3. The summed E-state index contributed by atoms with van der Waals surface area (Å²) in [6, 6.07) is 4.54. The molecular weight excluding hydrogens is 284 g/mol. The van der Waals surface area contributed by atoms with E-state index in [-0.39, 0.29) is 0 Å². The van der Waals surface area contributed by atoms with Gasteiger partial charge in [-0.15, -0.1) is 0 Å². The Hall–Kier alpha value is -1.77. The normalized spacial score (nSPS) is 19.9. The van der Waals surface area contributed by atoms with Gasteiger partial charge in [-0.25, -0.2) is 0 Å². The number of rotatable bonds is 5. The molecule has 0 radical (unpaired) electrons. The maximum absolute atomic E-state index is 5.71.